The lowest BCUT2D eigenvalue weighted by Crippen LogP contribution is -2.00. The molecule has 0 saturated carbocycles. The van der Waals surface area contributed by atoms with Crippen molar-refractivity contribution < 1.29 is 19.0 Å². The van der Waals surface area contributed by atoms with E-state index in [1.165, 1.54) is 31.4 Å². The minimum absolute atomic E-state index is 0.271. The molecule has 82 valence electrons. The van der Waals surface area contributed by atoms with Crippen molar-refractivity contribution in [3.63, 3.8) is 0 Å². The van der Waals surface area contributed by atoms with Crippen molar-refractivity contribution in [2.24, 2.45) is 0 Å². The second kappa shape index (κ2) is 3.81. The first kappa shape index (κ1) is 10.4. The Hall–Kier alpha value is -2.10. The Bertz CT molecular complexity index is 563. The Balaban J connectivity index is 2.65. The number of rotatable bonds is 1. The molecule has 0 fully saturated rings. The predicted molar refractivity (Wildman–Crippen MR) is 56.9 cm³/mol. The average Bonchev–Trinajstić information content (AvgIpc) is 2.32. The number of aromatic hydroxyl groups is 1. The molecule has 2 aromatic rings. The van der Waals surface area contributed by atoms with Crippen molar-refractivity contribution in [2.45, 2.75) is 0 Å². The molecule has 16 heavy (non-hydrogen) atoms. The number of carbonyl (C=O) groups excluding carboxylic acids is 1. The number of esters is 1. The van der Waals surface area contributed by atoms with Gasteiger partial charge in [-0.1, -0.05) is 12.1 Å². The fourth-order valence-corrected chi connectivity index (χ4v) is 1.53. The third-order valence-electron chi connectivity index (χ3n) is 2.35. The monoisotopic (exact) mass is 220 g/mol. The van der Waals surface area contributed by atoms with E-state index < -0.39 is 17.5 Å². The van der Waals surface area contributed by atoms with Gasteiger partial charge in [0.2, 0.25) is 0 Å². The van der Waals surface area contributed by atoms with E-state index in [0.717, 1.165) is 0 Å². The molecule has 0 spiro atoms. The third kappa shape index (κ3) is 1.58. The van der Waals surface area contributed by atoms with Crippen LogP contribution in [0, 0.1) is 5.82 Å². The summed E-state index contributed by atoms with van der Waals surface area (Å²) in [6, 6.07) is 7.20. The maximum atomic E-state index is 13.4. The zero-order valence-corrected chi connectivity index (χ0v) is 8.53. The molecule has 2 rings (SSSR count). The first-order chi connectivity index (χ1) is 7.63. The second-order valence-electron chi connectivity index (χ2n) is 3.33. The molecule has 0 aliphatic heterocycles. The van der Waals surface area contributed by atoms with Gasteiger partial charge in [-0.05, 0) is 23.6 Å². The Morgan fingerprint density at radius 1 is 1.31 bits per heavy atom. The maximum Gasteiger partial charge on any atom is 0.337 e. The standard InChI is InChI=1S/C12H9FO3/c1-16-12(15)8-2-4-9-7(6-8)3-5-10(14)11(9)13/h2-6,14H,1H3. The van der Waals surface area contributed by atoms with Crippen LogP contribution in [-0.4, -0.2) is 18.2 Å². The smallest absolute Gasteiger partial charge is 0.337 e. The van der Waals surface area contributed by atoms with Gasteiger partial charge in [0.1, 0.15) is 0 Å². The second-order valence-corrected chi connectivity index (χ2v) is 3.33. The van der Waals surface area contributed by atoms with Crippen LogP contribution in [0.25, 0.3) is 10.8 Å². The minimum atomic E-state index is -0.686. The molecule has 0 aromatic heterocycles. The summed E-state index contributed by atoms with van der Waals surface area (Å²) in [5.74, 6) is -1.57. The van der Waals surface area contributed by atoms with Crippen LogP contribution in [0.1, 0.15) is 10.4 Å². The van der Waals surface area contributed by atoms with Gasteiger partial charge in [0.05, 0.1) is 12.7 Å². The molecule has 0 aliphatic carbocycles. The van der Waals surface area contributed by atoms with Crippen LogP contribution < -0.4 is 0 Å². The zero-order valence-electron chi connectivity index (χ0n) is 8.53. The number of phenols is 1. The first-order valence-corrected chi connectivity index (χ1v) is 4.63. The van der Waals surface area contributed by atoms with E-state index in [0.29, 0.717) is 10.9 Å². The Morgan fingerprint density at radius 3 is 2.75 bits per heavy atom. The molecule has 0 saturated heterocycles. The zero-order chi connectivity index (χ0) is 11.7. The lowest BCUT2D eigenvalue weighted by atomic mass is 10.1. The maximum absolute atomic E-state index is 13.4. The van der Waals surface area contributed by atoms with Crippen LogP contribution in [0.4, 0.5) is 4.39 Å². The predicted octanol–water partition coefficient (Wildman–Crippen LogP) is 2.47. The van der Waals surface area contributed by atoms with Gasteiger partial charge in [-0.3, -0.25) is 0 Å². The quantitative estimate of drug-likeness (QED) is 0.751. The van der Waals surface area contributed by atoms with Crippen molar-refractivity contribution in [3.8, 4) is 5.75 Å². The molecular formula is C12H9FO3. The fraction of sp³-hybridized carbons (Fsp3) is 0.0833. The Kier molecular flexibility index (Phi) is 2.48. The van der Waals surface area contributed by atoms with Gasteiger partial charge in [-0.2, -0.15) is 0 Å². The van der Waals surface area contributed by atoms with Gasteiger partial charge in [0.25, 0.3) is 0 Å². The number of hydrogen-bond donors (Lipinski definition) is 1. The molecule has 4 heteroatoms. The summed E-state index contributed by atoms with van der Waals surface area (Å²) in [5, 5.41) is 9.99. The van der Waals surface area contributed by atoms with E-state index in [-0.39, 0.29) is 5.39 Å². The molecule has 0 amide bonds. The van der Waals surface area contributed by atoms with Gasteiger partial charge in [-0.25, -0.2) is 9.18 Å². The van der Waals surface area contributed by atoms with Gasteiger partial charge in [0, 0.05) is 5.39 Å². The number of carbonyl (C=O) groups is 1. The summed E-state index contributed by atoms with van der Waals surface area (Å²) in [5.41, 5.74) is 0.347. The van der Waals surface area contributed by atoms with Crippen LogP contribution >= 0.6 is 0 Å². The molecule has 0 radical (unpaired) electrons. The highest BCUT2D eigenvalue weighted by Crippen LogP contribution is 2.26. The van der Waals surface area contributed by atoms with E-state index in [4.69, 9.17) is 0 Å². The van der Waals surface area contributed by atoms with Crippen LogP contribution in [0.5, 0.6) is 5.75 Å². The highest BCUT2D eigenvalue weighted by atomic mass is 19.1. The molecule has 0 unspecified atom stereocenters. The molecule has 0 bridgehead atoms. The van der Waals surface area contributed by atoms with Gasteiger partial charge in [-0.15, -0.1) is 0 Å². The topological polar surface area (TPSA) is 46.5 Å². The highest BCUT2D eigenvalue weighted by molar-refractivity contribution is 5.95. The van der Waals surface area contributed by atoms with Crippen LogP contribution in [0.15, 0.2) is 30.3 Å². The summed E-state index contributed by atoms with van der Waals surface area (Å²) < 4.78 is 18.0. The molecule has 3 nitrogen and oxygen atoms in total. The van der Waals surface area contributed by atoms with Gasteiger partial charge in [0.15, 0.2) is 11.6 Å². The third-order valence-corrected chi connectivity index (χ3v) is 2.35. The summed E-state index contributed by atoms with van der Waals surface area (Å²) in [6.07, 6.45) is 0. The molecule has 2 aromatic carbocycles. The molecule has 0 aliphatic rings. The molecular weight excluding hydrogens is 211 g/mol. The molecule has 0 heterocycles. The van der Waals surface area contributed by atoms with Crippen LogP contribution in [0.3, 0.4) is 0 Å². The van der Waals surface area contributed by atoms with Crippen molar-refractivity contribution in [1.82, 2.24) is 0 Å². The van der Waals surface area contributed by atoms with Gasteiger partial charge < -0.3 is 9.84 Å². The number of ether oxygens (including phenoxy) is 1. The highest BCUT2D eigenvalue weighted by Gasteiger charge is 2.10. The van der Waals surface area contributed by atoms with E-state index in [1.807, 2.05) is 0 Å². The number of halogens is 1. The van der Waals surface area contributed by atoms with Gasteiger partial charge >= 0.3 is 5.97 Å². The summed E-state index contributed by atoms with van der Waals surface area (Å²) in [6.45, 7) is 0. The lowest BCUT2D eigenvalue weighted by Gasteiger charge is -2.04. The van der Waals surface area contributed by atoms with E-state index in [9.17, 15) is 14.3 Å². The van der Waals surface area contributed by atoms with Crippen LogP contribution in [0.2, 0.25) is 0 Å². The van der Waals surface area contributed by atoms with Crippen molar-refractivity contribution in [3.05, 3.63) is 41.7 Å². The number of hydrogen-bond acceptors (Lipinski definition) is 3. The van der Waals surface area contributed by atoms with E-state index >= 15 is 0 Å². The first-order valence-electron chi connectivity index (χ1n) is 4.63. The van der Waals surface area contributed by atoms with E-state index in [1.54, 1.807) is 6.07 Å². The normalized spacial score (nSPS) is 10.4. The number of phenolic OH excluding ortho intramolecular Hbond substituents is 1. The van der Waals surface area contributed by atoms with E-state index in [2.05, 4.69) is 4.74 Å². The Labute approximate surface area is 91.1 Å². The number of methoxy groups -OCH3 is 1. The Morgan fingerprint density at radius 2 is 2.06 bits per heavy atom. The van der Waals surface area contributed by atoms with Crippen molar-refractivity contribution in [1.29, 1.82) is 0 Å². The molecule has 0 atom stereocenters. The number of benzene rings is 2. The summed E-state index contributed by atoms with van der Waals surface area (Å²) in [4.78, 5) is 11.2. The lowest BCUT2D eigenvalue weighted by molar-refractivity contribution is 0.0601. The fourth-order valence-electron chi connectivity index (χ4n) is 1.53. The van der Waals surface area contributed by atoms with Crippen LogP contribution in [-0.2, 0) is 4.74 Å². The SMILES string of the molecule is COC(=O)c1ccc2c(F)c(O)ccc2c1. The van der Waals surface area contributed by atoms with Crippen molar-refractivity contribution in [2.75, 3.05) is 7.11 Å². The largest absolute Gasteiger partial charge is 0.505 e. The minimum Gasteiger partial charge on any atom is -0.505 e. The van der Waals surface area contributed by atoms with Crippen molar-refractivity contribution >= 4 is 16.7 Å². The summed E-state index contributed by atoms with van der Waals surface area (Å²) in [7, 11) is 1.28. The summed E-state index contributed by atoms with van der Waals surface area (Å²) >= 11 is 0. The molecule has 1 N–H and O–H groups in total. The number of fused-ring (bicyclic) bond motifs is 1. The average molecular weight is 220 g/mol.